The molecule has 38 heavy (non-hydrogen) atoms. The fraction of sp³-hybridized carbons (Fsp3) is 0.241. The van der Waals surface area contributed by atoms with Crippen molar-refractivity contribution in [2.75, 3.05) is 18.4 Å². The van der Waals surface area contributed by atoms with Gasteiger partial charge in [-0.15, -0.1) is 0 Å². The van der Waals surface area contributed by atoms with Crippen LogP contribution >= 0.6 is 0 Å². The number of hydrogen-bond acceptors (Lipinski definition) is 4. The lowest BCUT2D eigenvalue weighted by atomic mass is 9.89. The molecule has 9 heteroatoms. The van der Waals surface area contributed by atoms with Crippen LogP contribution in [-0.2, 0) is 13.6 Å². The molecular formula is C29H29N7O2. The van der Waals surface area contributed by atoms with Crippen molar-refractivity contribution in [1.82, 2.24) is 29.4 Å². The predicted molar refractivity (Wildman–Crippen MR) is 146 cm³/mol. The standard InChI is InChI=1S/C29H29N7O2/c1-34-26-17-23(2-3-24(26)19-32-34)28(37)36-13-9-22(10-14-36)21-4-6-25(7-5-21)33-29(38)31-18-20-8-12-35-15-11-30-27(35)16-20/h2-8,11-12,15-17,19,22H,9-10,13-14,18H2,1H3,(H2,31,33,38). The Hall–Kier alpha value is -4.66. The minimum Gasteiger partial charge on any atom is -0.339 e. The van der Waals surface area contributed by atoms with Crippen molar-refractivity contribution >= 4 is 34.2 Å². The molecule has 9 nitrogen and oxygen atoms in total. The fourth-order valence-corrected chi connectivity index (χ4v) is 5.13. The van der Waals surface area contributed by atoms with Gasteiger partial charge in [0.25, 0.3) is 5.91 Å². The normalized spacial score (nSPS) is 14.2. The van der Waals surface area contributed by atoms with Crippen molar-refractivity contribution < 1.29 is 9.59 Å². The highest BCUT2D eigenvalue weighted by molar-refractivity contribution is 5.98. The lowest BCUT2D eigenvalue weighted by Crippen LogP contribution is -2.37. The van der Waals surface area contributed by atoms with Gasteiger partial charge in [-0.3, -0.25) is 9.48 Å². The topological polar surface area (TPSA) is 96.6 Å². The lowest BCUT2D eigenvalue weighted by Gasteiger charge is -2.32. The summed E-state index contributed by atoms with van der Waals surface area (Å²) in [6.07, 6.45) is 9.19. The molecule has 0 atom stereocenters. The van der Waals surface area contributed by atoms with Crippen LogP contribution < -0.4 is 10.6 Å². The van der Waals surface area contributed by atoms with E-state index in [2.05, 4.69) is 32.8 Å². The first kappa shape index (κ1) is 23.7. The van der Waals surface area contributed by atoms with Crippen LogP contribution in [0.1, 0.15) is 40.2 Å². The van der Waals surface area contributed by atoms with E-state index in [0.29, 0.717) is 18.0 Å². The quantitative estimate of drug-likeness (QED) is 0.364. The summed E-state index contributed by atoms with van der Waals surface area (Å²) in [5.41, 5.74) is 5.47. The Morgan fingerprint density at radius 2 is 1.82 bits per heavy atom. The van der Waals surface area contributed by atoms with Gasteiger partial charge in [0.05, 0.1) is 11.7 Å². The average Bonchev–Trinajstić information content (AvgIpc) is 3.58. The van der Waals surface area contributed by atoms with Crippen molar-refractivity contribution in [3.63, 3.8) is 0 Å². The van der Waals surface area contributed by atoms with Crippen LogP contribution in [-0.4, -0.2) is 49.1 Å². The monoisotopic (exact) mass is 507 g/mol. The zero-order valence-electron chi connectivity index (χ0n) is 21.2. The van der Waals surface area contributed by atoms with Gasteiger partial charge >= 0.3 is 6.03 Å². The maximum absolute atomic E-state index is 13.1. The number of benzene rings is 2. The molecule has 4 heterocycles. The molecule has 6 rings (SSSR count). The van der Waals surface area contributed by atoms with Crippen LogP contribution in [0.5, 0.6) is 0 Å². The van der Waals surface area contributed by atoms with E-state index in [1.54, 1.807) is 10.9 Å². The minimum atomic E-state index is -0.253. The lowest BCUT2D eigenvalue weighted by molar-refractivity contribution is 0.0713. The van der Waals surface area contributed by atoms with Crippen molar-refractivity contribution in [2.45, 2.75) is 25.3 Å². The van der Waals surface area contributed by atoms with Crippen LogP contribution in [0, 0.1) is 0 Å². The maximum atomic E-state index is 13.1. The number of imidazole rings is 1. The van der Waals surface area contributed by atoms with Crippen molar-refractivity contribution in [2.24, 2.45) is 7.05 Å². The third-order valence-electron chi connectivity index (χ3n) is 7.33. The third kappa shape index (κ3) is 4.82. The van der Waals surface area contributed by atoms with Crippen LogP contribution in [0.3, 0.4) is 0 Å². The Balaban J connectivity index is 1.00. The van der Waals surface area contributed by atoms with Gasteiger partial charge in [-0.2, -0.15) is 5.10 Å². The molecule has 1 saturated heterocycles. The van der Waals surface area contributed by atoms with Crippen molar-refractivity contribution in [3.05, 3.63) is 96.1 Å². The first-order valence-electron chi connectivity index (χ1n) is 12.8. The Morgan fingerprint density at radius 1 is 1.00 bits per heavy atom. The second-order valence-electron chi connectivity index (χ2n) is 9.77. The first-order valence-corrected chi connectivity index (χ1v) is 12.8. The molecule has 3 aromatic heterocycles. The van der Waals surface area contributed by atoms with E-state index in [-0.39, 0.29) is 11.9 Å². The molecule has 2 aromatic carbocycles. The highest BCUT2D eigenvalue weighted by Gasteiger charge is 2.25. The summed E-state index contributed by atoms with van der Waals surface area (Å²) in [6, 6.07) is 17.4. The number of piperidine rings is 1. The molecule has 0 aliphatic carbocycles. The van der Waals surface area contributed by atoms with Crippen molar-refractivity contribution in [1.29, 1.82) is 0 Å². The summed E-state index contributed by atoms with van der Waals surface area (Å²) in [7, 11) is 1.89. The van der Waals surface area contributed by atoms with Gasteiger partial charge in [0.1, 0.15) is 5.65 Å². The number of rotatable bonds is 5. The van der Waals surface area contributed by atoms with Crippen LogP contribution in [0.15, 0.2) is 79.4 Å². The first-order chi connectivity index (χ1) is 18.5. The second kappa shape index (κ2) is 10.0. The van der Waals surface area contributed by atoms with E-state index in [9.17, 15) is 9.59 Å². The summed E-state index contributed by atoms with van der Waals surface area (Å²) in [6.45, 7) is 1.86. The van der Waals surface area contributed by atoms with Gasteiger partial charge in [-0.05, 0) is 66.3 Å². The average molecular weight is 508 g/mol. The molecule has 192 valence electrons. The zero-order chi connectivity index (χ0) is 26.1. The molecule has 1 aliphatic rings. The number of nitrogens with zero attached hydrogens (tertiary/aromatic N) is 5. The van der Waals surface area contributed by atoms with E-state index in [4.69, 9.17) is 0 Å². The van der Waals surface area contributed by atoms with Gasteiger partial charge in [0.2, 0.25) is 0 Å². The van der Waals surface area contributed by atoms with Crippen LogP contribution in [0.25, 0.3) is 16.6 Å². The highest BCUT2D eigenvalue weighted by Crippen LogP contribution is 2.30. The molecule has 2 N–H and O–H groups in total. The van der Waals surface area contributed by atoms with Crippen molar-refractivity contribution in [3.8, 4) is 0 Å². The Morgan fingerprint density at radius 3 is 2.63 bits per heavy atom. The summed E-state index contributed by atoms with van der Waals surface area (Å²) < 4.78 is 3.72. The molecule has 0 spiro atoms. The van der Waals surface area contributed by atoms with Gasteiger partial charge in [0.15, 0.2) is 0 Å². The third-order valence-corrected chi connectivity index (χ3v) is 7.33. The number of hydrogen-bond donors (Lipinski definition) is 2. The summed E-state index contributed by atoms with van der Waals surface area (Å²) in [5.74, 6) is 0.459. The number of aryl methyl sites for hydroxylation is 1. The van der Waals surface area contributed by atoms with E-state index in [0.717, 1.165) is 53.7 Å². The largest absolute Gasteiger partial charge is 0.339 e. The summed E-state index contributed by atoms with van der Waals surface area (Å²) >= 11 is 0. The number of fused-ring (bicyclic) bond motifs is 2. The van der Waals surface area contributed by atoms with Gasteiger partial charge in [-0.1, -0.05) is 18.2 Å². The van der Waals surface area contributed by atoms with Crippen LogP contribution in [0.4, 0.5) is 10.5 Å². The number of anilines is 1. The fourth-order valence-electron chi connectivity index (χ4n) is 5.13. The Labute approximate surface area is 220 Å². The minimum absolute atomic E-state index is 0.0711. The maximum Gasteiger partial charge on any atom is 0.319 e. The van der Waals surface area contributed by atoms with Gasteiger partial charge in [-0.25, -0.2) is 9.78 Å². The molecule has 1 aliphatic heterocycles. The number of likely N-dealkylation sites (tertiary alicyclic amines) is 1. The molecule has 0 saturated carbocycles. The molecule has 0 bridgehead atoms. The summed E-state index contributed by atoms with van der Waals surface area (Å²) in [5, 5.41) is 11.1. The number of urea groups is 1. The predicted octanol–water partition coefficient (Wildman–Crippen LogP) is 4.56. The van der Waals surface area contributed by atoms with E-state index < -0.39 is 0 Å². The molecular weight excluding hydrogens is 478 g/mol. The Kier molecular flexibility index (Phi) is 6.25. The van der Waals surface area contributed by atoms with Gasteiger partial charge in [0, 0.05) is 61.9 Å². The van der Waals surface area contributed by atoms with E-state index >= 15 is 0 Å². The smallest absolute Gasteiger partial charge is 0.319 e. The summed E-state index contributed by atoms with van der Waals surface area (Å²) in [4.78, 5) is 31.7. The number of amides is 3. The molecule has 3 amide bonds. The Bertz CT molecular complexity index is 1610. The van der Waals surface area contributed by atoms with Gasteiger partial charge < -0.3 is 19.9 Å². The number of nitrogens with one attached hydrogen (secondary N) is 2. The molecule has 5 aromatic rings. The molecule has 1 fully saturated rings. The number of aromatic nitrogens is 4. The highest BCUT2D eigenvalue weighted by atomic mass is 16.2. The second-order valence-corrected chi connectivity index (χ2v) is 9.77. The molecule has 0 unspecified atom stereocenters. The van der Waals surface area contributed by atoms with E-state index in [1.807, 2.05) is 77.4 Å². The number of pyridine rings is 1. The number of carbonyl (C=O) groups excluding carboxylic acids is 2. The van der Waals surface area contributed by atoms with E-state index in [1.165, 1.54) is 5.56 Å². The number of carbonyl (C=O) groups is 2. The zero-order valence-corrected chi connectivity index (χ0v) is 21.2. The SMILES string of the molecule is Cn1ncc2ccc(C(=O)N3CCC(c4ccc(NC(=O)NCc5ccn6ccnc6c5)cc4)CC3)cc21. The van der Waals surface area contributed by atoms with Crippen LogP contribution in [0.2, 0.25) is 0 Å². The molecule has 0 radical (unpaired) electrons.